The normalized spacial score (nSPS) is 12.7. The Bertz CT molecular complexity index is 954. The van der Waals surface area contributed by atoms with Crippen LogP contribution in [0.25, 0.3) is 0 Å². The number of ether oxygens (including phenoxy) is 1. The molecule has 0 radical (unpaired) electrons. The van der Waals surface area contributed by atoms with E-state index in [1.165, 1.54) is 22.4 Å². The van der Waals surface area contributed by atoms with E-state index >= 15 is 0 Å². The van der Waals surface area contributed by atoms with E-state index in [1.807, 2.05) is 24.3 Å². The van der Waals surface area contributed by atoms with Crippen LogP contribution < -0.4 is 11.2 Å². The average molecular weight is 491 g/mol. The number of amidine groups is 1. The maximum absolute atomic E-state index is 13.0. The van der Waals surface area contributed by atoms with Gasteiger partial charge in [-0.2, -0.15) is 9.41 Å². The van der Waals surface area contributed by atoms with Gasteiger partial charge < -0.3 is 20.3 Å². The molecule has 1 atom stereocenters. The lowest BCUT2D eigenvalue weighted by Crippen LogP contribution is -2.37. The van der Waals surface area contributed by atoms with Gasteiger partial charge in [-0.25, -0.2) is 4.79 Å². The van der Waals surface area contributed by atoms with Crippen LogP contribution in [0.2, 0.25) is 0 Å². The van der Waals surface area contributed by atoms with E-state index in [0.29, 0.717) is 17.0 Å². The molecular weight excluding hydrogens is 460 g/mol. The van der Waals surface area contributed by atoms with Gasteiger partial charge >= 0.3 is 6.09 Å². The number of hydrogen-bond acceptors (Lipinski definition) is 8. The van der Waals surface area contributed by atoms with Crippen LogP contribution in [0, 0.1) is 0 Å². The van der Waals surface area contributed by atoms with Gasteiger partial charge in [0.25, 0.3) is 0 Å². The average Bonchev–Trinajstić information content (AvgIpc) is 3.28. The second kappa shape index (κ2) is 12.4. The number of rotatable bonds is 8. The molecule has 10 heteroatoms. The molecule has 0 spiro atoms. The molecule has 1 aromatic heterocycles. The molecule has 3 N–H and O–H groups in total. The van der Waals surface area contributed by atoms with Crippen molar-refractivity contribution in [2.45, 2.75) is 56.3 Å². The second-order valence-electron chi connectivity index (χ2n) is 7.91. The van der Waals surface area contributed by atoms with E-state index in [0.717, 1.165) is 30.1 Å². The van der Waals surface area contributed by atoms with Crippen molar-refractivity contribution in [3.05, 3.63) is 61.1 Å². The number of furan rings is 1. The summed E-state index contributed by atoms with van der Waals surface area (Å²) in [6.07, 6.45) is 5.18. The van der Waals surface area contributed by atoms with Crippen molar-refractivity contribution >= 4 is 46.6 Å². The first-order chi connectivity index (χ1) is 15.7. The van der Waals surface area contributed by atoms with E-state index in [9.17, 15) is 9.59 Å². The van der Waals surface area contributed by atoms with Crippen molar-refractivity contribution in [2.24, 2.45) is 10.9 Å². The number of hydrogen-bond donors (Lipinski definition) is 2. The van der Waals surface area contributed by atoms with Gasteiger partial charge in [-0.3, -0.25) is 4.79 Å². The van der Waals surface area contributed by atoms with Gasteiger partial charge in [0.15, 0.2) is 0 Å². The number of carbonyl (C=O) groups is 2. The van der Waals surface area contributed by atoms with Crippen molar-refractivity contribution in [3.63, 3.8) is 0 Å². The molecule has 0 fully saturated rings. The van der Waals surface area contributed by atoms with Gasteiger partial charge in [0, 0.05) is 17.6 Å². The molecule has 0 aliphatic heterocycles. The summed E-state index contributed by atoms with van der Waals surface area (Å²) >= 11 is 2.08. The van der Waals surface area contributed by atoms with Crippen molar-refractivity contribution < 1.29 is 18.7 Å². The van der Waals surface area contributed by atoms with Crippen molar-refractivity contribution in [1.82, 2.24) is 4.31 Å². The van der Waals surface area contributed by atoms with Crippen LogP contribution in [0.1, 0.15) is 39.7 Å². The first-order valence-corrected chi connectivity index (χ1v) is 12.0. The molecule has 1 unspecified atom stereocenters. The number of allylic oxidation sites excluding steroid dienone is 1. The lowest BCUT2D eigenvalue weighted by molar-refractivity contribution is -0.115. The molecule has 1 aromatic carbocycles. The Kier molecular flexibility index (Phi) is 9.93. The summed E-state index contributed by atoms with van der Waals surface area (Å²) in [4.78, 5) is 26.6. The maximum Gasteiger partial charge on any atom is 0.427 e. The molecule has 178 valence electrons. The number of benzene rings is 1. The standard InChI is InChI=1S/C23H30N4O4S2/c1-6-8-19(20(28)25-17-11-9-16(7-2)10-12-17)32-21(26-24)27(22(29)31-23(3,4)5)33-18-13-14-30-15-18/h6,9-15,19H,1,7-8,24H2,2-5H3,(H,25,28)/b26-21+. The third-order valence-corrected chi connectivity index (χ3v) is 6.34. The van der Waals surface area contributed by atoms with E-state index in [2.05, 4.69) is 23.9 Å². The Hall–Kier alpha value is -2.85. The SMILES string of the molecule is C=CCC(S/C(=N/N)N(Sc1ccoc1)C(=O)OC(C)(C)C)C(=O)Nc1ccc(CC)cc1. The zero-order valence-corrected chi connectivity index (χ0v) is 20.9. The highest BCUT2D eigenvalue weighted by Crippen LogP contribution is 2.31. The van der Waals surface area contributed by atoms with Crippen LogP contribution >= 0.6 is 23.7 Å². The van der Waals surface area contributed by atoms with Crippen LogP contribution in [-0.4, -0.2) is 32.3 Å². The predicted molar refractivity (Wildman–Crippen MR) is 135 cm³/mol. The molecule has 33 heavy (non-hydrogen) atoms. The molecule has 2 amide bonds. The molecule has 0 aliphatic carbocycles. The van der Waals surface area contributed by atoms with Crippen LogP contribution in [0.15, 0.2) is 69.9 Å². The number of aryl methyl sites for hydroxylation is 1. The molecule has 1 heterocycles. The highest BCUT2D eigenvalue weighted by molar-refractivity contribution is 8.16. The van der Waals surface area contributed by atoms with Crippen LogP contribution in [0.4, 0.5) is 10.5 Å². The fourth-order valence-corrected chi connectivity index (χ4v) is 4.32. The van der Waals surface area contributed by atoms with E-state index in [4.69, 9.17) is 15.0 Å². The Balaban J connectivity index is 2.22. The molecule has 0 saturated carbocycles. The lowest BCUT2D eigenvalue weighted by atomic mass is 10.1. The van der Waals surface area contributed by atoms with Gasteiger partial charge in [0.2, 0.25) is 11.1 Å². The fraction of sp³-hybridized carbons (Fsp3) is 0.348. The number of nitrogens with zero attached hydrogens (tertiary/aromatic N) is 2. The van der Waals surface area contributed by atoms with Crippen LogP contribution in [0.3, 0.4) is 0 Å². The number of anilines is 1. The molecule has 0 bridgehead atoms. The second-order valence-corrected chi connectivity index (χ2v) is 10.1. The topological polar surface area (TPSA) is 110 Å². The Morgan fingerprint density at radius 2 is 2.00 bits per heavy atom. The molecule has 0 saturated heterocycles. The minimum Gasteiger partial charge on any atom is -0.471 e. The number of hydrazone groups is 1. The summed E-state index contributed by atoms with van der Waals surface area (Å²) in [6, 6.07) is 9.32. The number of nitrogens with two attached hydrogens (primary N) is 1. The summed E-state index contributed by atoms with van der Waals surface area (Å²) in [7, 11) is 0. The Morgan fingerprint density at radius 1 is 1.30 bits per heavy atom. The molecule has 0 aliphatic rings. The van der Waals surface area contributed by atoms with Crippen molar-refractivity contribution in [3.8, 4) is 0 Å². The van der Waals surface area contributed by atoms with Crippen molar-refractivity contribution in [2.75, 3.05) is 5.32 Å². The summed E-state index contributed by atoms with van der Waals surface area (Å²) in [5, 5.41) is 6.17. The number of nitrogens with one attached hydrogen (secondary N) is 1. The first-order valence-electron chi connectivity index (χ1n) is 10.3. The quantitative estimate of drug-likeness (QED) is 0.123. The fourth-order valence-electron chi connectivity index (χ4n) is 2.53. The summed E-state index contributed by atoms with van der Waals surface area (Å²) in [6.45, 7) is 11.1. The zero-order valence-electron chi connectivity index (χ0n) is 19.2. The Morgan fingerprint density at radius 3 is 2.52 bits per heavy atom. The molecule has 8 nitrogen and oxygen atoms in total. The highest BCUT2D eigenvalue weighted by atomic mass is 32.2. The summed E-state index contributed by atoms with van der Waals surface area (Å²) in [5.41, 5.74) is 1.11. The van der Waals surface area contributed by atoms with E-state index in [1.54, 1.807) is 32.9 Å². The third kappa shape index (κ3) is 8.54. The third-order valence-electron chi connectivity index (χ3n) is 4.09. The van der Waals surface area contributed by atoms with Gasteiger partial charge in [-0.1, -0.05) is 36.9 Å². The smallest absolute Gasteiger partial charge is 0.427 e. The van der Waals surface area contributed by atoms with Gasteiger partial charge in [0.05, 0.1) is 16.4 Å². The minimum atomic E-state index is -0.737. The maximum atomic E-state index is 13.0. The lowest BCUT2D eigenvalue weighted by Gasteiger charge is -2.27. The van der Waals surface area contributed by atoms with Crippen molar-refractivity contribution in [1.29, 1.82) is 0 Å². The number of amides is 2. The summed E-state index contributed by atoms with van der Waals surface area (Å²) < 4.78 is 11.8. The van der Waals surface area contributed by atoms with E-state index < -0.39 is 16.9 Å². The first kappa shape index (κ1) is 26.4. The van der Waals surface area contributed by atoms with Gasteiger partial charge in [0.1, 0.15) is 11.9 Å². The van der Waals surface area contributed by atoms with E-state index in [-0.39, 0.29) is 11.1 Å². The van der Waals surface area contributed by atoms with Crippen LogP contribution in [-0.2, 0) is 16.0 Å². The number of thioether (sulfide) groups is 1. The monoisotopic (exact) mass is 490 g/mol. The number of carbonyl (C=O) groups excluding carboxylic acids is 2. The van der Waals surface area contributed by atoms with Gasteiger partial charge in [-0.15, -0.1) is 6.58 Å². The predicted octanol–water partition coefficient (Wildman–Crippen LogP) is 5.63. The molecular formula is C23H30N4O4S2. The Labute approximate surface area is 203 Å². The van der Waals surface area contributed by atoms with Gasteiger partial charge in [-0.05, 0) is 57.4 Å². The minimum absolute atomic E-state index is 0.110. The zero-order chi connectivity index (χ0) is 24.4. The molecule has 2 rings (SSSR count). The largest absolute Gasteiger partial charge is 0.471 e. The van der Waals surface area contributed by atoms with Crippen LogP contribution in [0.5, 0.6) is 0 Å². The molecule has 2 aromatic rings. The highest BCUT2D eigenvalue weighted by Gasteiger charge is 2.31. The summed E-state index contributed by atoms with van der Waals surface area (Å²) in [5.74, 6) is 5.40.